The highest BCUT2D eigenvalue weighted by atomic mass is 79.9. The average molecular weight is 357 g/mol. The zero-order valence-electron chi connectivity index (χ0n) is 11.4. The molecule has 7 nitrogen and oxygen atoms in total. The highest BCUT2D eigenvalue weighted by Crippen LogP contribution is 2.09. The number of hydrazone groups is 1. The summed E-state index contributed by atoms with van der Waals surface area (Å²) in [5.74, 6) is -0.594. The fraction of sp³-hybridized carbons (Fsp3) is 0.385. The van der Waals surface area contributed by atoms with Crippen molar-refractivity contribution in [3.8, 4) is 0 Å². The van der Waals surface area contributed by atoms with Crippen LogP contribution in [-0.4, -0.2) is 28.2 Å². The first-order chi connectivity index (χ1) is 10.1. The molecule has 21 heavy (non-hydrogen) atoms. The maximum Gasteiger partial charge on any atom is 0.243 e. The molecular weight excluding hydrogens is 340 g/mol. The van der Waals surface area contributed by atoms with Gasteiger partial charge in [0.2, 0.25) is 11.8 Å². The largest absolute Gasteiger partial charge is 0.289 e. The van der Waals surface area contributed by atoms with Crippen LogP contribution in [0, 0.1) is 0 Å². The molecule has 0 aliphatic rings. The van der Waals surface area contributed by atoms with Crippen molar-refractivity contribution in [1.29, 1.82) is 0 Å². The summed E-state index contributed by atoms with van der Waals surface area (Å²) < 4.78 is 0.658. The van der Waals surface area contributed by atoms with E-state index in [-0.39, 0.29) is 12.3 Å². The van der Waals surface area contributed by atoms with Gasteiger partial charge in [0.15, 0.2) is 0 Å². The van der Waals surface area contributed by atoms with Crippen LogP contribution in [0.3, 0.4) is 0 Å². The number of carbonyl (C=O) groups excluding carboxylic acids is 2. The Morgan fingerprint density at radius 2 is 2.00 bits per heavy atom. The monoisotopic (exact) mass is 356 g/mol. The van der Waals surface area contributed by atoms with Gasteiger partial charge in [-0.05, 0) is 40.9 Å². The molecule has 8 heteroatoms. The van der Waals surface area contributed by atoms with Crippen molar-refractivity contribution in [2.75, 3.05) is 0 Å². The number of hydrogen-bond donors (Lipinski definition) is 3. The second-order valence-corrected chi connectivity index (χ2v) is 5.02. The molecule has 0 atom stereocenters. The molecule has 0 radical (unpaired) electrons. The predicted molar refractivity (Wildman–Crippen MR) is 80.7 cm³/mol. The van der Waals surface area contributed by atoms with E-state index in [0.29, 0.717) is 23.9 Å². The number of aromatic nitrogens is 1. The van der Waals surface area contributed by atoms with Gasteiger partial charge in [0.25, 0.3) is 0 Å². The fourth-order valence-corrected chi connectivity index (χ4v) is 1.88. The van der Waals surface area contributed by atoms with Crippen molar-refractivity contribution >= 4 is 34.0 Å². The van der Waals surface area contributed by atoms with Crippen LogP contribution in [0.2, 0.25) is 0 Å². The number of rotatable bonds is 8. The van der Waals surface area contributed by atoms with E-state index in [0.717, 1.165) is 12.0 Å². The van der Waals surface area contributed by atoms with Crippen LogP contribution in [0.5, 0.6) is 0 Å². The molecule has 1 aromatic rings. The first kappa shape index (κ1) is 17.3. The Bertz CT molecular complexity index is 508. The van der Waals surface area contributed by atoms with Gasteiger partial charge in [0.1, 0.15) is 4.60 Å². The maximum atomic E-state index is 11.5. The summed E-state index contributed by atoms with van der Waals surface area (Å²) in [5.41, 5.74) is 4.77. The molecule has 1 heterocycles. The van der Waals surface area contributed by atoms with Gasteiger partial charge in [0.05, 0.1) is 6.21 Å². The molecule has 1 aromatic heterocycles. The van der Waals surface area contributed by atoms with Gasteiger partial charge in [-0.2, -0.15) is 5.10 Å². The topological polar surface area (TPSA) is 104 Å². The maximum absolute atomic E-state index is 11.5. The van der Waals surface area contributed by atoms with Gasteiger partial charge in [-0.25, -0.2) is 15.9 Å². The molecule has 0 bridgehead atoms. The molecule has 0 saturated carbocycles. The molecule has 3 N–H and O–H groups in total. The van der Waals surface area contributed by atoms with Crippen LogP contribution < -0.4 is 10.9 Å². The number of carbonyl (C=O) groups is 2. The van der Waals surface area contributed by atoms with E-state index in [9.17, 15) is 9.59 Å². The highest BCUT2D eigenvalue weighted by Gasteiger charge is 2.02. The summed E-state index contributed by atoms with van der Waals surface area (Å²) in [7, 11) is 0. The van der Waals surface area contributed by atoms with Crippen molar-refractivity contribution in [3.05, 3.63) is 28.5 Å². The van der Waals surface area contributed by atoms with Crippen molar-refractivity contribution in [3.63, 3.8) is 0 Å². The number of hydroxylamine groups is 1. The van der Waals surface area contributed by atoms with Crippen molar-refractivity contribution in [1.82, 2.24) is 15.9 Å². The van der Waals surface area contributed by atoms with Crippen LogP contribution in [0.4, 0.5) is 0 Å². The normalized spacial score (nSPS) is 10.6. The Balaban J connectivity index is 2.17. The number of unbranched alkanes of at least 4 members (excludes halogenated alkanes) is 2. The third-order valence-corrected chi connectivity index (χ3v) is 3.28. The second-order valence-electron chi connectivity index (χ2n) is 4.27. The summed E-state index contributed by atoms with van der Waals surface area (Å²) >= 11 is 3.27. The lowest BCUT2D eigenvalue weighted by Crippen LogP contribution is -2.18. The minimum Gasteiger partial charge on any atom is -0.289 e. The first-order valence-corrected chi connectivity index (χ1v) is 7.28. The summed E-state index contributed by atoms with van der Waals surface area (Å²) in [4.78, 5) is 26.3. The molecule has 0 unspecified atom stereocenters. The van der Waals surface area contributed by atoms with E-state index in [1.807, 2.05) is 6.07 Å². The Kier molecular flexibility index (Phi) is 8.22. The van der Waals surface area contributed by atoms with Gasteiger partial charge >= 0.3 is 0 Å². The van der Waals surface area contributed by atoms with E-state index in [4.69, 9.17) is 5.21 Å². The van der Waals surface area contributed by atoms with Crippen LogP contribution in [0.15, 0.2) is 28.0 Å². The Morgan fingerprint density at radius 1 is 1.29 bits per heavy atom. The van der Waals surface area contributed by atoms with E-state index < -0.39 is 5.91 Å². The SMILES string of the molecule is O=C(CCCCCC(=O)N/N=C/c1cccnc1Br)NO. The van der Waals surface area contributed by atoms with Gasteiger partial charge < -0.3 is 0 Å². The molecule has 0 fully saturated rings. The Morgan fingerprint density at radius 3 is 2.67 bits per heavy atom. The number of nitrogens with one attached hydrogen (secondary N) is 2. The van der Waals surface area contributed by atoms with Crippen molar-refractivity contribution < 1.29 is 14.8 Å². The van der Waals surface area contributed by atoms with E-state index in [1.165, 1.54) is 6.21 Å². The number of hydrogen-bond acceptors (Lipinski definition) is 5. The lowest BCUT2D eigenvalue weighted by molar-refractivity contribution is -0.129. The van der Waals surface area contributed by atoms with Crippen LogP contribution >= 0.6 is 15.9 Å². The Hall–Kier alpha value is -1.80. The zero-order chi connectivity index (χ0) is 15.5. The van der Waals surface area contributed by atoms with Gasteiger partial charge in [-0.1, -0.05) is 6.42 Å². The van der Waals surface area contributed by atoms with Crippen molar-refractivity contribution in [2.24, 2.45) is 5.10 Å². The third kappa shape index (κ3) is 7.52. The zero-order valence-corrected chi connectivity index (χ0v) is 13.0. The fourth-order valence-electron chi connectivity index (χ4n) is 1.53. The molecule has 1 rings (SSSR count). The van der Waals surface area contributed by atoms with Gasteiger partial charge in [-0.3, -0.25) is 14.8 Å². The molecule has 114 valence electrons. The second kappa shape index (κ2) is 10.0. The smallest absolute Gasteiger partial charge is 0.243 e. The van der Waals surface area contributed by atoms with E-state index in [2.05, 4.69) is 31.4 Å². The summed E-state index contributed by atoms with van der Waals surface area (Å²) in [6, 6.07) is 3.59. The minimum atomic E-state index is -0.411. The Labute approximate surface area is 130 Å². The number of nitrogens with zero attached hydrogens (tertiary/aromatic N) is 2. The lowest BCUT2D eigenvalue weighted by atomic mass is 10.1. The molecule has 0 aliphatic heterocycles. The summed E-state index contributed by atoms with van der Waals surface area (Å²) in [6.45, 7) is 0. The number of halogens is 1. The quantitative estimate of drug-likeness (QED) is 0.217. The van der Waals surface area contributed by atoms with Gasteiger partial charge in [0, 0.05) is 24.6 Å². The van der Waals surface area contributed by atoms with Crippen molar-refractivity contribution in [2.45, 2.75) is 32.1 Å². The summed E-state index contributed by atoms with van der Waals surface area (Å²) in [6.07, 6.45) is 5.79. The molecule has 0 aromatic carbocycles. The number of amides is 2. The predicted octanol–water partition coefficient (Wildman–Crippen LogP) is 1.75. The third-order valence-electron chi connectivity index (χ3n) is 2.61. The minimum absolute atomic E-state index is 0.183. The lowest BCUT2D eigenvalue weighted by Gasteiger charge is -2.01. The van der Waals surface area contributed by atoms with Crippen LogP contribution in [-0.2, 0) is 9.59 Å². The molecular formula is C13H17BrN4O3. The standard InChI is InChI=1S/C13H17BrN4O3/c14-13-10(5-4-8-15-13)9-16-17-11(19)6-2-1-3-7-12(20)18-21/h4-5,8-9,21H,1-3,6-7H2,(H,17,19)(H,18,20)/b16-9+. The van der Waals surface area contributed by atoms with E-state index >= 15 is 0 Å². The van der Waals surface area contributed by atoms with E-state index in [1.54, 1.807) is 17.7 Å². The molecule has 0 aliphatic carbocycles. The molecule has 0 spiro atoms. The molecule has 2 amide bonds. The number of pyridine rings is 1. The first-order valence-electron chi connectivity index (χ1n) is 6.49. The van der Waals surface area contributed by atoms with Gasteiger partial charge in [-0.15, -0.1) is 0 Å². The molecule has 0 saturated heterocycles. The average Bonchev–Trinajstić information content (AvgIpc) is 2.48. The van der Waals surface area contributed by atoms with Crippen LogP contribution in [0.25, 0.3) is 0 Å². The highest BCUT2D eigenvalue weighted by molar-refractivity contribution is 9.10. The van der Waals surface area contributed by atoms with Crippen LogP contribution in [0.1, 0.15) is 37.7 Å². The summed E-state index contributed by atoms with van der Waals surface area (Å²) in [5, 5.41) is 12.2.